The van der Waals surface area contributed by atoms with E-state index in [0.717, 1.165) is 38.5 Å². The van der Waals surface area contributed by atoms with Crippen molar-refractivity contribution >= 4 is 27.0 Å². The van der Waals surface area contributed by atoms with Gasteiger partial charge in [-0.15, -0.1) is 0 Å². The van der Waals surface area contributed by atoms with E-state index in [0.29, 0.717) is 17.8 Å². The van der Waals surface area contributed by atoms with Gasteiger partial charge in [-0.25, -0.2) is 4.39 Å². The SMILES string of the molecule is O=C(OCCC(F)C(F)(F)S(=O)(=O)O)C12CC3CC(CC(C3)C1)C2.c1ccc([S+](c2ccccc2)c2ccccc2)cc1. The van der Waals surface area contributed by atoms with Crippen LogP contribution in [-0.4, -0.2) is 37.0 Å². The van der Waals surface area contributed by atoms with Crippen LogP contribution in [0.25, 0.3) is 0 Å². The average Bonchev–Trinajstić information content (AvgIpc) is 2.98. The van der Waals surface area contributed by atoms with Gasteiger partial charge in [-0.05, 0) is 92.7 Å². The van der Waals surface area contributed by atoms with Crippen LogP contribution in [0.2, 0.25) is 0 Å². The molecule has 0 amide bonds. The maximum atomic E-state index is 13.4. The van der Waals surface area contributed by atoms with Crippen LogP contribution in [0.1, 0.15) is 44.9 Å². The highest BCUT2D eigenvalue weighted by molar-refractivity contribution is 7.97. The van der Waals surface area contributed by atoms with Crippen molar-refractivity contribution < 1.29 is 35.7 Å². The van der Waals surface area contributed by atoms with Gasteiger partial charge in [-0.2, -0.15) is 17.2 Å². The van der Waals surface area contributed by atoms with Crippen molar-refractivity contribution in [3.05, 3.63) is 91.0 Å². The molecule has 10 heteroatoms. The van der Waals surface area contributed by atoms with Crippen molar-refractivity contribution in [3.8, 4) is 0 Å². The van der Waals surface area contributed by atoms with Crippen LogP contribution in [0.5, 0.6) is 0 Å². The van der Waals surface area contributed by atoms with Gasteiger partial charge in [0.25, 0.3) is 0 Å². The van der Waals surface area contributed by atoms with Crippen LogP contribution in [-0.2, 0) is 30.5 Å². The van der Waals surface area contributed by atoms with E-state index in [-0.39, 0.29) is 10.9 Å². The monoisotopic (exact) mass is 633 g/mol. The fourth-order valence-corrected chi connectivity index (χ4v) is 9.72. The first-order valence-electron chi connectivity index (χ1n) is 14.5. The Morgan fingerprint density at radius 2 is 1.19 bits per heavy atom. The summed E-state index contributed by atoms with van der Waals surface area (Å²) in [7, 11) is -5.85. The Morgan fingerprint density at radius 1 is 0.814 bits per heavy atom. The molecule has 0 heterocycles. The Morgan fingerprint density at radius 3 is 1.53 bits per heavy atom. The van der Waals surface area contributed by atoms with Crippen molar-refractivity contribution in [1.82, 2.24) is 0 Å². The van der Waals surface area contributed by atoms with Crippen molar-refractivity contribution in [1.29, 1.82) is 0 Å². The van der Waals surface area contributed by atoms with Crippen LogP contribution in [0.3, 0.4) is 0 Å². The molecular weight excluding hydrogens is 597 g/mol. The number of carbonyl (C=O) groups is 1. The minimum Gasteiger partial charge on any atom is -0.465 e. The molecule has 1 atom stereocenters. The van der Waals surface area contributed by atoms with Crippen LogP contribution >= 0.6 is 0 Å². The fourth-order valence-electron chi connectivity index (χ4n) is 7.18. The molecule has 0 saturated heterocycles. The molecule has 1 N–H and O–H groups in total. The lowest BCUT2D eigenvalue weighted by molar-refractivity contribution is -0.172. The summed E-state index contributed by atoms with van der Waals surface area (Å²) in [6.07, 6.45) is 1.47. The minimum atomic E-state index is -5.84. The largest absolute Gasteiger partial charge is 0.465 e. The molecule has 43 heavy (non-hydrogen) atoms. The minimum absolute atomic E-state index is 0.0146. The molecule has 7 rings (SSSR count). The molecule has 4 saturated carbocycles. The van der Waals surface area contributed by atoms with Crippen molar-refractivity contribution in [3.63, 3.8) is 0 Å². The smallest absolute Gasteiger partial charge is 0.400 e. The highest BCUT2D eigenvalue weighted by atomic mass is 32.2. The molecule has 5 nitrogen and oxygen atoms in total. The third-order valence-electron chi connectivity index (χ3n) is 8.72. The number of benzene rings is 3. The topological polar surface area (TPSA) is 80.7 Å². The summed E-state index contributed by atoms with van der Waals surface area (Å²) >= 11 is 0. The standard InChI is InChI=1S/C18H15S.C15H21F3O5S/c1-4-10-16(11-5-1)19(17-12-6-2-7-13-17)18-14-8-3-9-15-18;16-12(15(17,18)24(20,21)22)1-2-23-13(19)14-6-9-3-10(7-14)5-11(4-9)8-14/h1-15H;9-12H,1-8H2,(H,20,21,22)/q+1;. The van der Waals surface area contributed by atoms with Crippen LogP contribution < -0.4 is 0 Å². The first kappa shape index (κ1) is 31.6. The number of carbonyl (C=O) groups excluding carboxylic acids is 1. The van der Waals surface area contributed by atoms with Gasteiger partial charge in [-0.3, -0.25) is 9.35 Å². The summed E-state index contributed by atoms with van der Waals surface area (Å²) in [5, 5.41) is -4.90. The Bertz CT molecular complexity index is 1340. The van der Waals surface area contributed by atoms with E-state index in [2.05, 4.69) is 91.0 Å². The van der Waals surface area contributed by atoms with Gasteiger partial charge in [0.05, 0.1) is 22.9 Å². The molecule has 4 aliphatic rings. The number of hydrogen-bond acceptors (Lipinski definition) is 4. The summed E-state index contributed by atoms with van der Waals surface area (Å²) in [4.78, 5) is 16.5. The zero-order chi connectivity index (χ0) is 30.7. The number of ether oxygens (including phenoxy) is 1. The third-order valence-corrected chi connectivity index (χ3v) is 11.9. The van der Waals surface area contributed by atoms with Crippen LogP contribution in [0.15, 0.2) is 106 Å². The first-order chi connectivity index (χ1) is 20.5. The van der Waals surface area contributed by atoms with Gasteiger partial charge in [0.15, 0.2) is 20.9 Å². The maximum Gasteiger partial charge on any atom is 0.400 e. The van der Waals surface area contributed by atoms with E-state index in [4.69, 9.17) is 9.29 Å². The fraction of sp³-hybridized carbons (Fsp3) is 0.424. The quantitative estimate of drug-likeness (QED) is 0.148. The normalized spacial score (nSPS) is 25.1. The summed E-state index contributed by atoms with van der Waals surface area (Å²) in [6.45, 7) is -0.632. The average molecular weight is 634 g/mol. The van der Waals surface area contributed by atoms with E-state index < -0.39 is 46.0 Å². The van der Waals surface area contributed by atoms with Crippen molar-refractivity contribution in [2.24, 2.45) is 23.2 Å². The van der Waals surface area contributed by atoms with E-state index in [1.54, 1.807) is 0 Å². The number of hydrogen-bond donors (Lipinski definition) is 1. The second-order valence-electron chi connectivity index (χ2n) is 11.9. The van der Waals surface area contributed by atoms with Crippen molar-refractivity contribution in [2.45, 2.75) is 71.1 Å². The van der Waals surface area contributed by atoms with Gasteiger partial charge in [0.1, 0.15) is 0 Å². The zero-order valence-corrected chi connectivity index (χ0v) is 25.3. The summed E-state index contributed by atoms with van der Waals surface area (Å²) in [6, 6.07) is 32.2. The molecule has 1 unspecified atom stereocenters. The van der Waals surface area contributed by atoms with E-state index in [1.165, 1.54) is 14.7 Å². The molecular formula is C33H36F3O5S2+. The Hall–Kier alpha value is -2.82. The van der Waals surface area contributed by atoms with Crippen molar-refractivity contribution in [2.75, 3.05) is 6.61 Å². The molecule has 4 fully saturated rings. The predicted molar refractivity (Wildman–Crippen MR) is 159 cm³/mol. The molecule has 0 spiro atoms. The molecule has 0 aromatic heterocycles. The number of rotatable bonds is 9. The molecule has 4 bridgehead atoms. The van der Waals surface area contributed by atoms with Gasteiger partial charge in [0.2, 0.25) is 0 Å². The number of halogens is 3. The Balaban J connectivity index is 0.000000176. The van der Waals surface area contributed by atoms with E-state index in [1.807, 2.05) is 0 Å². The lowest BCUT2D eigenvalue weighted by Gasteiger charge is -2.55. The third kappa shape index (κ3) is 7.13. The van der Waals surface area contributed by atoms with E-state index >= 15 is 0 Å². The molecule has 230 valence electrons. The van der Waals surface area contributed by atoms with Gasteiger partial charge >= 0.3 is 21.3 Å². The summed E-state index contributed by atoms with van der Waals surface area (Å²) < 4.78 is 74.0. The van der Waals surface area contributed by atoms with Gasteiger partial charge in [-0.1, -0.05) is 54.6 Å². The second kappa shape index (κ2) is 13.0. The molecule has 0 aliphatic heterocycles. The zero-order valence-electron chi connectivity index (χ0n) is 23.7. The highest BCUT2D eigenvalue weighted by Crippen LogP contribution is 2.60. The van der Waals surface area contributed by atoms with Gasteiger partial charge < -0.3 is 4.74 Å². The lowest BCUT2D eigenvalue weighted by Crippen LogP contribution is -2.50. The summed E-state index contributed by atoms with van der Waals surface area (Å²) in [5.41, 5.74) is -0.577. The first-order valence-corrected chi connectivity index (χ1v) is 17.2. The molecule has 0 radical (unpaired) electrons. The molecule has 3 aromatic carbocycles. The highest BCUT2D eigenvalue weighted by Gasteiger charge is 2.56. The Kier molecular flexibility index (Phi) is 9.58. The maximum absolute atomic E-state index is 13.4. The lowest BCUT2D eigenvalue weighted by atomic mass is 9.49. The molecule has 4 aliphatic carbocycles. The second-order valence-corrected chi connectivity index (χ2v) is 15.4. The number of esters is 1. The van der Waals surface area contributed by atoms with E-state index in [9.17, 15) is 26.4 Å². The van der Waals surface area contributed by atoms with Crippen LogP contribution in [0, 0.1) is 23.2 Å². The summed E-state index contributed by atoms with van der Waals surface area (Å²) in [5.74, 6) is 1.02. The van der Waals surface area contributed by atoms with Crippen LogP contribution in [0.4, 0.5) is 13.2 Å². The predicted octanol–water partition coefficient (Wildman–Crippen LogP) is 7.74. The number of alkyl halides is 3. The van der Waals surface area contributed by atoms with Gasteiger partial charge in [0, 0.05) is 6.42 Å². The molecule has 3 aromatic rings. The Labute approximate surface area is 253 Å².